The van der Waals surface area contributed by atoms with Crippen molar-refractivity contribution in [3.05, 3.63) is 65.7 Å². The average molecular weight is 296 g/mol. The number of carbonyl (C=O) groups is 2. The van der Waals surface area contributed by atoms with E-state index in [9.17, 15) is 9.59 Å². The number of ether oxygens (including phenoxy) is 2. The Morgan fingerprint density at radius 3 is 2.41 bits per heavy atom. The summed E-state index contributed by atoms with van der Waals surface area (Å²) in [7, 11) is 1.60. The predicted molar refractivity (Wildman–Crippen MR) is 81.0 cm³/mol. The first-order chi connectivity index (χ1) is 10.7. The lowest BCUT2D eigenvalue weighted by Gasteiger charge is -2.17. The highest BCUT2D eigenvalue weighted by Gasteiger charge is 2.40. The first kappa shape index (κ1) is 14.3. The molecule has 2 aromatic carbocycles. The van der Waals surface area contributed by atoms with Crippen molar-refractivity contribution in [2.24, 2.45) is 0 Å². The van der Waals surface area contributed by atoms with Gasteiger partial charge in [-0.15, -0.1) is 0 Å². The van der Waals surface area contributed by atoms with E-state index < -0.39 is 6.10 Å². The molecule has 3 rings (SSSR count). The zero-order valence-corrected chi connectivity index (χ0v) is 12.2. The highest BCUT2D eigenvalue weighted by atomic mass is 16.6. The number of ketones is 1. The summed E-state index contributed by atoms with van der Waals surface area (Å²) in [5.74, 6) is -0.0200. The highest BCUT2D eigenvalue weighted by Crippen LogP contribution is 2.34. The van der Waals surface area contributed by atoms with Crippen molar-refractivity contribution in [2.45, 2.75) is 18.4 Å². The van der Waals surface area contributed by atoms with E-state index >= 15 is 0 Å². The Morgan fingerprint density at radius 2 is 1.77 bits per heavy atom. The molecule has 0 saturated carbocycles. The largest absolute Gasteiger partial charge is 0.497 e. The van der Waals surface area contributed by atoms with Crippen LogP contribution in [0.25, 0.3) is 0 Å². The van der Waals surface area contributed by atoms with Crippen LogP contribution in [0.1, 0.15) is 28.3 Å². The number of carbonyl (C=O) groups excluding carboxylic acids is 2. The third kappa shape index (κ3) is 2.72. The van der Waals surface area contributed by atoms with Crippen LogP contribution < -0.4 is 4.74 Å². The Kier molecular flexibility index (Phi) is 3.92. The van der Waals surface area contributed by atoms with Gasteiger partial charge < -0.3 is 9.47 Å². The molecule has 0 radical (unpaired) electrons. The number of methoxy groups -OCH3 is 1. The fraction of sp³-hybridized carbons (Fsp3) is 0.222. The van der Waals surface area contributed by atoms with Crippen molar-refractivity contribution in [1.82, 2.24) is 0 Å². The van der Waals surface area contributed by atoms with Gasteiger partial charge in [0.15, 0.2) is 6.10 Å². The van der Waals surface area contributed by atoms with Gasteiger partial charge >= 0.3 is 5.97 Å². The summed E-state index contributed by atoms with van der Waals surface area (Å²) in [6.07, 6.45) is -0.543. The Morgan fingerprint density at radius 1 is 1.09 bits per heavy atom. The maximum absolute atomic E-state index is 12.6. The first-order valence-electron chi connectivity index (χ1n) is 7.11. The molecule has 0 N–H and O–H groups in total. The fourth-order valence-electron chi connectivity index (χ4n) is 2.71. The topological polar surface area (TPSA) is 52.6 Å². The van der Waals surface area contributed by atoms with E-state index in [-0.39, 0.29) is 24.1 Å². The molecule has 1 aliphatic heterocycles. The lowest BCUT2D eigenvalue weighted by Crippen LogP contribution is -2.25. The van der Waals surface area contributed by atoms with Crippen LogP contribution in [0.4, 0.5) is 0 Å². The number of cyclic esters (lactones) is 1. The number of hydrogen-bond donors (Lipinski definition) is 0. The van der Waals surface area contributed by atoms with Crippen molar-refractivity contribution >= 4 is 11.8 Å². The molecule has 0 bridgehead atoms. The molecule has 0 amide bonds. The molecule has 1 saturated heterocycles. The van der Waals surface area contributed by atoms with Crippen LogP contribution in [0.15, 0.2) is 54.6 Å². The average Bonchev–Trinajstić information content (AvgIpc) is 2.97. The van der Waals surface area contributed by atoms with Gasteiger partial charge in [0.25, 0.3) is 0 Å². The fourth-order valence-corrected chi connectivity index (χ4v) is 2.71. The van der Waals surface area contributed by atoms with E-state index in [1.54, 1.807) is 31.4 Å². The maximum atomic E-state index is 12.6. The number of Topliss-reactive ketones (excluding diaryl/α,β-unsaturated/α-hetero) is 1. The molecule has 1 fully saturated rings. The molecule has 0 unspecified atom stereocenters. The van der Waals surface area contributed by atoms with Gasteiger partial charge in [0.05, 0.1) is 13.5 Å². The van der Waals surface area contributed by atoms with Gasteiger partial charge in [0.1, 0.15) is 5.75 Å². The minimum atomic E-state index is -0.761. The van der Waals surface area contributed by atoms with Crippen LogP contribution in [0.5, 0.6) is 5.75 Å². The van der Waals surface area contributed by atoms with Gasteiger partial charge in [-0.2, -0.15) is 0 Å². The lowest BCUT2D eigenvalue weighted by atomic mass is 9.88. The van der Waals surface area contributed by atoms with Crippen LogP contribution in [-0.2, 0) is 9.53 Å². The Hall–Kier alpha value is -2.62. The second kappa shape index (κ2) is 6.02. The van der Waals surface area contributed by atoms with E-state index in [1.807, 2.05) is 30.3 Å². The van der Waals surface area contributed by atoms with Gasteiger partial charge in [0.2, 0.25) is 5.78 Å². The third-order valence-corrected chi connectivity index (χ3v) is 3.87. The van der Waals surface area contributed by atoms with Gasteiger partial charge in [-0.05, 0) is 17.7 Å². The molecule has 22 heavy (non-hydrogen) atoms. The second-order valence-corrected chi connectivity index (χ2v) is 5.22. The van der Waals surface area contributed by atoms with Crippen LogP contribution in [0.2, 0.25) is 0 Å². The molecule has 4 heteroatoms. The van der Waals surface area contributed by atoms with Crippen molar-refractivity contribution in [2.75, 3.05) is 7.11 Å². The number of benzene rings is 2. The normalized spacial score (nSPS) is 20.5. The quantitative estimate of drug-likeness (QED) is 0.643. The Labute approximate surface area is 128 Å². The lowest BCUT2D eigenvalue weighted by molar-refractivity contribution is -0.140. The SMILES string of the molecule is COc1ccc([C@@H]2CC(=O)O[C@H]2C(=O)c2ccccc2)cc1. The van der Waals surface area contributed by atoms with E-state index in [0.29, 0.717) is 5.56 Å². The molecule has 112 valence electrons. The second-order valence-electron chi connectivity index (χ2n) is 5.22. The molecule has 1 aliphatic rings. The molecule has 0 aliphatic carbocycles. The standard InChI is InChI=1S/C18H16O4/c1-21-14-9-7-12(8-10-14)15-11-16(19)22-18(15)17(20)13-5-3-2-4-6-13/h2-10,15,18H,11H2,1H3/t15-,18+/m0/s1. The highest BCUT2D eigenvalue weighted by molar-refractivity contribution is 6.02. The summed E-state index contributed by atoms with van der Waals surface area (Å²) < 4.78 is 10.4. The predicted octanol–water partition coefficient (Wildman–Crippen LogP) is 2.98. The summed E-state index contributed by atoms with van der Waals surface area (Å²) in [5, 5.41) is 0. The van der Waals surface area contributed by atoms with Crippen LogP contribution in [0, 0.1) is 0 Å². The maximum Gasteiger partial charge on any atom is 0.307 e. The van der Waals surface area contributed by atoms with Crippen molar-refractivity contribution < 1.29 is 19.1 Å². The monoisotopic (exact) mass is 296 g/mol. The van der Waals surface area contributed by atoms with E-state index in [2.05, 4.69) is 0 Å². The van der Waals surface area contributed by atoms with Crippen LogP contribution in [0.3, 0.4) is 0 Å². The van der Waals surface area contributed by atoms with E-state index in [4.69, 9.17) is 9.47 Å². The summed E-state index contributed by atoms with van der Waals surface area (Å²) in [5.41, 5.74) is 1.46. The minimum absolute atomic E-state index is 0.160. The minimum Gasteiger partial charge on any atom is -0.497 e. The van der Waals surface area contributed by atoms with E-state index in [1.165, 1.54) is 0 Å². The molecule has 0 aromatic heterocycles. The number of rotatable bonds is 4. The van der Waals surface area contributed by atoms with E-state index in [0.717, 1.165) is 11.3 Å². The number of esters is 1. The molecule has 2 aromatic rings. The third-order valence-electron chi connectivity index (χ3n) is 3.87. The molecule has 2 atom stereocenters. The molecule has 1 heterocycles. The molecular weight excluding hydrogens is 280 g/mol. The Bertz CT molecular complexity index is 676. The van der Waals surface area contributed by atoms with Crippen LogP contribution in [-0.4, -0.2) is 25.0 Å². The summed E-state index contributed by atoms with van der Waals surface area (Å²) in [6, 6.07) is 16.3. The van der Waals surface area contributed by atoms with Gasteiger partial charge in [-0.1, -0.05) is 42.5 Å². The first-order valence-corrected chi connectivity index (χ1v) is 7.11. The summed E-state index contributed by atoms with van der Waals surface area (Å²) in [6.45, 7) is 0. The van der Waals surface area contributed by atoms with Crippen molar-refractivity contribution in [3.8, 4) is 5.75 Å². The van der Waals surface area contributed by atoms with Gasteiger partial charge in [-0.25, -0.2) is 0 Å². The zero-order chi connectivity index (χ0) is 15.5. The molecule has 4 nitrogen and oxygen atoms in total. The summed E-state index contributed by atoms with van der Waals surface area (Å²) in [4.78, 5) is 24.3. The van der Waals surface area contributed by atoms with Gasteiger partial charge in [0, 0.05) is 11.5 Å². The molecular formula is C18H16O4. The van der Waals surface area contributed by atoms with Crippen molar-refractivity contribution in [1.29, 1.82) is 0 Å². The molecule has 0 spiro atoms. The van der Waals surface area contributed by atoms with Gasteiger partial charge in [-0.3, -0.25) is 9.59 Å². The number of hydrogen-bond acceptors (Lipinski definition) is 4. The summed E-state index contributed by atoms with van der Waals surface area (Å²) >= 11 is 0. The van der Waals surface area contributed by atoms with Crippen LogP contribution >= 0.6 is 0 Å². The van der Waals surface area contributed by atoms with Crippen molar-refractivity contribution in [3.63, 3.8) is 0 Å². The smallest absolute Gasteiger partial charge is 0.307 e. The zero-order valence-electron chi connectivity index (χ0n) is 12.2. The Balaban J connectivity index is 1.88.